The third-order valence-electron chi connectivity index (χ3n) is 2.70. The van der Waals surface area contributed by atoms with Gasteiger partial charge in [0.05, 0.1) is 5.75 Å². The standard InChI is InChI=1S/C13H19N3O2S/c1-10(13(14)15-18)8-16(2)12(17)9-19-11-6-4-3-5-7-11/h3-7,10,18H,8-9H2,1-2H3,(H2,14,15). The lowest BCUT2D eigenvalue weighted by molar-refractivity contribution is -0.127. The number of amides is 1. The number of hydrogen-bond donors (Lipinski definition) is 2. The van der Waals surface area contributed by atoms with Crippen LogP contribution in [0.15, 0.2) is 40.4 Å². The van der Waals surface area contributed by atoms with E-state index < -0.39 is 0 Å². The van der Waals surface area contributed by atoms with E-state index in [9.17, 15) is 4.79 Å². The summed E-state index contributed by atoms with van der Waals surface area (Å²) in [5, 5.41) is 11.5. The van der Waals surface area contributed by atoms with Gasteiger partial charge in [-0.15, -0.1) is 11.8 Å². The van der Waals surface area contributed by atoms with E-state index in [1.165, 1.54) is 11.8 Å². The summed E-state index contributed by atoms with van der Waals surface area (Å²) in [6.07, 6.45) is 0. The van der Waals surface area contributed by atoms with Gasteiger partial charge in [0, 0.05) is 24.4 Å². The van der Waals surface area contributed by atoms with E-state index in [0.29, 0.717) is 12.3 Å². The van der Waals surface area contributed by atoms with Gasteiger partial charge in [-0.25, -0.2) is 0 Å². The summed E-state index contributed by atoms with van der Waals surface area (Å²) >= 11 is 1.50. The number of benzene rings is 1. The second kappa shape index (κ2) is 7.68. The molecule has 1 atom stereocenters. The van der Waals surface area contributed by atoms with Crippen LogP contribution in [0.4, 0.5) is 0 Å². The molecule has 0 saturated carbocycles. The zero-order valence-electron chi connectivity index (χ0n) is 11.1. The van der Waals surface area contributed by atoms with Crippen LogP contribution >= 0.6 is 11.8 Å². The van der Waals surface area contributed by atoms with Gasteiger partial charge in [-0.2, -0.15) is 0 Å². The molecule has 5 nitrogen and oxygen atoms in total. The molecule has 0 aliphatic carbocycles. The van der Waals surface area contributed by atoms with Crippen LogP contribution in [0.5, 0.6) is 0 Å². The van der Waals surface area contributed by atoms with Gasteiger partial charge in [-0.1, -0.05) is 30.3 Å². The first kappa shape index (κ1) is 15.4. The van der Waals surface area contributed by atoms with Crippen LogP contribution in [-0.4, -0.2) is 41.2 Å². The molecule has 0 heterocycles. The maximum absolute atomic E-state index is 11.9. The summed E-state index contributed by atoms with van der Waals surface area (Å²) in [5.41, 5.74) is 5.49. The first-order valence-corrected chi connectivity index (χ1v) is 6.92. The maximum Gasteiger partial charge on any atom is 0.232 e. The summed E-state index contributed by atoms with van der Waals surface area (Å²) < 4.78 is 0. The highest BCUT2D eigenvalue weighted by molar-refractivity contribution is 8.00. The van der Waals surface area contributed by atoms with E-state index in [-0.39, 0.29) is 17.7 Å². The van der Waals surface area contributed by atoms with Gasteiger partial charge in [0.2, 0.25) is 5.91 Å². The first-order chi connectivity index (χ1) is 9.04. The molecule has 1 aromatic carbocycles. The lowest BCUT2D eigenvalue weighted by Crippen LogP contribution is -2.37. The predicted octanol–water partition coefficient (Wildman–Crippen LogP) is 1.62. The van der Waals surface area contributed by atoms with Gasteiger partial charge in [-0.3, -0.25) is 4.79 Å². The van der Waals surface area contributed by atoms with E-state index in [0.717, 1.165) is 4.90 Å². The third-order valence-corrected chi connectivity index (χ3v) is 3.70. The van der Waals surface area contributed by atoms with Crippen molar-refractivity contribution in [2.45, 2.75) is 11.8 Å². The Kier molecular flexibility index (Phi) is 6.21. The molecule has 1 unspecified atom stereocenters. The largest absolute Gasteiger partial charge is 0.409 e. The summed E-state index contributed by atoms with van der Waals surface area (Å²) in [7, 11) is 1.72. The minimum atomic E-state index is -0.166. The highest BCUT2D eigenvalue weighted by Crippen LogP contribution is 2.17. The molecule has 0 saturated heterocycles. The molecule has 0 fully saturated rings. The van der Waals surface area contributed by atoms with Crippen molar-refractivity contribution in [1.29, 1.82) is 0 Å². The van der Waals surface area contributed by atoms with E-state index in [2.05, 4.69) is 5.16 Å². The van der Waals surface area contributed by atoms with Crippen molar-refractivity contribution in [3.05, 3.63) is 30.3 Å². The molecule has 0 radical (unpaired) electrons. The van der Waals surface area contributed by atoms with Gasteiger partial charge < -0.3 is 15.8 Å². The Hall–Kier alpha value is -1.69. The minimum absolute atomic E-state index is 0.0199. The molecule has 0 aromatic heterocycles. The highest BCUT2D eigenvalue weighted by atomic mass is 32.2. The number of nitrogens with two attached hydrogens (primary N) is 1. The molecule has 104 valence electrons. The summed E-state index contributed by atoms with van der Waals surface area (Å²) in [4.78, 5) is 14.6. The van der Waals surface area contributed by atoms with Gasteiger partial charge in [0.1, 0.15) is 5.84 Å². The van der Waals surface area contributed by atoms with Crippen LogP contribution in [0, 0.1) is 5.92 Å². The van der Waals surface area contributed by atoms with Crippen molar-refractivity contribution in [2.24, 2.45) is 16.8 Å². The summed E-state index contributed by atoms with van der Waals surface area (Å²) in [5.74, 6) is 0.367. The van der Waals surface area contributed by atoms with Crippen molar-refractivity contribution in [2.75, 3.05) is 19.3 Å². The fraction of sp³-hybridized carbons (Fsp3) is 0.385. The fourth-order valence-electron chi connectivity index (χ4n) is 1.48. The Labute approximate surface area is 117 Å². The topological polar surface area (TPSA) is 78.9 Å². The number of nitrogens with zero attached hydrogens (tertiary/aromatic N) is 2. The number of oxime groups is 1. The van der Waals surface area contributed by atoms with E-state index in [1.807, 2.05) is 37.3 Å². The van der Waals surface area contributed by atoms with Crippen molar-refractivity contribution >= 4 is 23.5 Å². The Morgan fingerprint density at radius 3 is 2.68 bits per heavy atom. The monoisotopic (exact) mass is 281 g/mol. The Morgan fingerprint density at radius 1 is 1.47 bits per heavy atom. The number of carbonyl (C=O) groups is 1. The fourth-order valence-corrected chi connectivity index (χ4v) is 2.34. The highest BCUT2D eigenvalue weighted by Gasteiger charge is 2.15. The van der Waals surface area contributed by atoms with Gasteiger partial charge in [-0.05, 0) is 12.1 Å². The van der Waals surface area contributed by atoms with Crippen LogP contribution in [0.25, 0.3) is 0 Å². The molecule has 1 rings (SSSR count). The van der Waals surface area contributed by atoms with Crippen LogP contribution in [0.1, 0.15) is 6.92 Å². The quantitative estimate of drug-likeness (QED) is 0.273. The van der Waals surface area contributed by atoms with Gasteiger partial charge in [0.25, 0.3) is 0 Å². The lowest BCUT2D eigenvalue weighted by atomic mass is 10.1. The van der Waals surface area contributed by atoms with E-state index in [1.54, 1.807) is 11.9 Å². The van der Waals surface area contributed by atoms with Gasteiger partial charge >= 0.3 is 0 Å². The normalized spacial score (nSPS) is 13.1. The van der Waals surface area contributed by atoms with Crippen molar-refractivity contribution in [3.63, 3.8) is 0 Å². The van der Waals surface area contributed by atoms with Crippen molar-refractivity contribution < 1.29 is 10.0 Å². The number of carbonyl (C=O) groups excluding carboxylic acids is 1. The third kappa shape index (κ3) is 5.21. The molecule has 0 aliphatic heterocycles. The number of rotatable bonds is 6. The molecule has 0 spiro atoms. The summed E-state index contributed by atoms with van der Waals surface area (Å²) in [6, 6.07) is 9.76. The smallest absolute Gasteiger partial charge is 0.232 e. The first-order valence-electron chi connectivity index (χ1n) is 5.93. The average Bonchev–Trinajstić information content (AvgIpc) is 2.44. The Bertz CT molecular complexity index is 437. The van der Waals surface area contributed by atoms with Crippen LogP contribution in [0.3, 0.4) is 0 Å². The minimum Gasteiger partial charge on any atom is -0.409 e. The zero-order chi connectivity index (χ0) is 14.3. The van der Waals surface area contributed by atoms with Crippen molar-refractivity contribution in [1.82, 2.24) is 4.90 Å². The molecule has 1 aromatic rings. The second-order valence-corrected chi connectivity index (χ2v) is 5.35. The molecular weight excluding hydrogens is 262 g/mol. The lowest BCUT2D eigenvalue weighted by Gasteiger charge is -2.20. The molecule has 3 N–H and O–H groups in total. The van der Waals surface area contributed by atoms with Crippen LogP contribution in [-0.2, 0) is 4.79 Å². The van der Waals surface area contributed by atoms with Gasteiger partial charge in [0.15, 0.2) is 0 Å². The molecule has 0 bridgehead atoms. The molecule has 0 aliphatic rings. The van der Waals surface area contributed by atoms with Crippen molar-refractivity contribution in [3.8, 4) is 0 Å². The van der Waals surface area contributed by atoms with Crippen LogP contribution < -0.4 is 5.73 Å². The Balaban J connectivity index is 2.41. The van der Waals surface area contributed by atoms with Crippen LogP contribution in [0.2, 0.25) is 0 Å². The predicted molar refractivity (Wildman–Crippen MR) is 77.4 cm³/mol. The maximum atomic E-state index is 11.9. The average molecular weight is 281 g/mol. The molecular formula is C13H19N3O2S. The Morgan fingerprint density at radius 2 is 2.11 bits per heavy atom. The zero-order valence-corrected chi connectivity index (χ0v) is 11.9. The number of hydrogen-bond acceptors (Lipinski definition) is 4. The number of thioether (sulfide) groups is 1. The number of amidine groups is 1. The van der Waals surface area contributed by atoms with E-state index in [4.69, 9.17) is 10.9 Å². The SMILES string of the molecule is CC(CN(C)C(=O)CSc1ccccc1)C(N)=NO. The molecule has 1 amide bonds. The summed E-state index contributed by atoms with van der Waals surface area (Å²) in [6.45, 7) is 2.24. The second-order valence-electron chi connectivity index (χ2n) is 4.30. The van der Waals surface area contributed by atoms with E-state index >= 15 is 0 Å². The molecule has 6 heteroatoms. The molecule has 19 heavy (non-hydrogen) atoms.